The quantitative estimate of drug-likeness (QED) is 0.377. The minimum Gasteiger partial charge on any atom is -0.369 e. The van der Waals surface area contributed by atoms with E-state index in [1.54, 1.807) is 0 Å². The fourth-order valence-electron chi connectivity index (χ4n) is 0. The van der Waals surface area contributed by atoms with Gasteiger partial charge in [-0.1, -0.05) is 0 Å². The molecule has 0 bridgehead atoms. The van der Waals surface area contributed by atoms with Crippen LogP contribution in [-0.4, -0.2) is 32.4 Å². The van der Waals surface area contributed by atoms with Crippen LogP contribution in [0, 0.1) is 15.3 Å². The normalized spacial score (nSPS) is 4.00. The summed E-state index contributed by atoms with van der Waals surface area (Å²) in [7, 11) is 0. The Labute approximate surface area is 54.2 Å². The maximum Gasteiger partial charge on any atom is 0.0689 e. The van der Waals surface area contributed by atoms with E-state index in [0.29, 0.717) is 0 Å². The van der Waals surface area contributed by atoms with Crippen LogP contribution in [0.25, 0.3) is 0 Å². The first-order valence-corrected chi connectivity index (χ1v) is 0.548. The van der Waals surface area contributed by atoms with Gasteiger partial charge in [-0.15, -0.1) is 0 Å². The molecule has 35 valence electrons. The molecular weight excluding hydrogens is 280 g/mol. The molecule has 4 N–H and O–H groups in total. The van der Waals surface area contributed by atoms with Gasteiger partial charge in [0.05, 0.1) is 5.09 Å². The van der Waals surface area contributed by atoms with Gasteiger partial charge in [0, 0.05) is 27.3 Å². The molecule has 0 aliphatic heterocycles. The van der Waals surface area contributed by atoms with Crippen molar-refractivity contribution in [1.29, 1.82) is 0 Å². The van der Waals surface area contributed by atoms with Gasteiger partial charge >= 0.3 is 0 Å². The molecule has 0 unspecified atom stereocenters. The summed E-state index contributed by atoms with van der Waals surface area (Å²) in [6.07, 6.45) is 0. The molecule has 0 aromatic heterocycles. The van der Waals surface area contributed by atoms with E-state index in [4.69, 9.17) is 15.3 Å². The molecular formula is H4N2O3Tl. The van der Waals surface area contributed by atoms with Gasteiger partial charge in [0.2, 0.25) is 0 Å². The van der Waals surface area contributed by atoms with Crippen molar-refractivity contribution in [2.24, 2.45) is 0 Å². The molecule has 1 radical (unpaired) electrons. The first-order valence-electron chi connectivity index (χ1n) is 0.548. The zero-order chi connectivity index (χ0) is 3.58. The molecule has 0 saturated heterocycles. The molecule has 0 aliphatic rings. The van der Waals surface area contributed by atoms with Crippen molar-refractivity contribution in [3.8, 4) is 0 Å². The van der Waals surface area contributed by atoms with Crippen molar-refractivity contribution < 1.29 is 5.09 Å². The van der Waals surface area contributed by atoms with Gasteiger partial charge < -0.3 is 21.5 Å². The summed E-state index contributed by atoms with van der Waals surface area (Å²) in [5.74, 6) is 0. The second kappa shape index (κ2) is 8.91. The predicted molar refractivity (Wildman–Crippen MR) is 22.1 cm³/mol. The van der Waals surface area contributed by atoms with Gasteiger partial charge in [0.15, 0.2) is 0 Å². The summed E-state index contributed by atoms with van der Waals surface area (Å²) < 4.78 is 0. The Bertz CT molecular complexity index is 31.8. The average Bonchev–Trinajstić information content (AvgIpc) is 0.811. The Balaban J connectivity index is -0.0000000450. The second-order valence-electron chi connectivity index (χ2n) is 0.224. The molecule has 0 heterocycles. The molecule has 0 aliphatic carbocycles. The van der Waals surface area contributed by atoms with Gasteiger partial charge in [-0.3, -0.25) is 0 Å². The Hall–Kier alpha value is 0.0821. The van der Waals surface area contributed by atoms with Gasteiger partial charge in [0.1, 0.15) is 0 Å². The molecule has 0 rings (SSSR count). The smallest absolute Gasteiger partial charge is 0.0689 e. The van der Waals surface area contributed by atoms with Gasteiger partial charge in [-0.2, -0.15) is 0 Å². The molecule has 0 spiro atoms. The minimum absolute atomic E-state index is 0. The Kier molecular flexibility index (Phi) is 24.6. The fourth-order valence-corrected chi connectivity index (χ4v) is 0. The van der Waals surface area contributed by atoms with E-state index in [-0.39, 0.29) is 33.4 Å². The third kappa shape index (κ3) is 5760. The standard InChI is InChI=1S/NO3.H3N.Tl/c2-1(3)4;;/h;1H3;/q-1;;/p+1. The Morgan fingerprint density at radius 2 is 1.33 bits per heavy atom. The van der Waals surface area contributed by atoms with Crippen LogP contribution in [0.15, 0.2) is 0 Å². The van der Waals surface area contributed by atoms with Gasteiger partial charge in [-0.25, -0.2) is 0 Å². The topological polar surface area (TPSA) is 103 Å². The van der Waals surface area contributed by atoms with E-state index >= 15 is 0 Å². The fraction of sp³-hybridized carbons (Fsp3) is 0. The van der Waals surface area contributed by atoms with Crippen molar-refractivity contribution in [3.63, 3.8) is 0 Å². The summed E-state index contributed by atoms with van der Waals surface area (Å²) in [5.41, 5.74) is 0. The maximum atomic E-state index is 8.25. The van der Waals surface area contributed by atoms with Crippen LogP contribution in [0.1, 0.15) is 0 Å². The van der Waals surface area contributed by atoms with Crippen molar-refractivity contribution >= 4 is 27.3 Å². The molecule has 0 aromatic carbocycles. The van der Waals surface area contributed by atoms with Crippen molar-refractivity contribution in [2.45, 2.75) is 0 Å². The number of rotatable bonds is 0. The van der Waals surface area contributed by atoms with Gasteiger partial charge in [0.25, 0.3) is 0 Å². The van der Waals surface area contributed by atoms with Crippen LogP contribution in [-0.2, 0) is 0 Å². The van der Waals surface area contributed by atoms with E-state index in [1.165, 1.54) is 0 Å². The van der Waals surface area contributed by atoms with Crippen LogP contribution in [0.2, 0.25) is 0 Å². The van der Waals surface area contributed by atoms with Crippen LogP contribution < -0.4 is 6.15 Å². The molecule has 5 nitrogen and oxygen atoms in total. The van der Waals surface area contributed by atoms with Crippen LogP contribution >= 0.6 is 0 Å². The number of hydrogen-bond acceptors (Lipinski definition) is 3. The molecule has 0 amide bonds. The summed E-state index contributed by atoms with van der Waals surface area (Å²) >= 11 is 0. The second-order valence-corrected chi connectivity index (χ2v) is 0.224. The van der Waals surface area contributed by atoms with Crippen LogP contribution in [0.4, 0.5) is 0 Å². The summed E-state index contributed by atoms with van der Waals surface area (Å²) in [6.45, 7) is 0. The van der Waals surface area contributed by atoms with Crippen molar-refractivity contribution in [2.75, 3.05) is 0 Å². The van der Waals surface area contributed by atoms with Crippen molar-refractivity contribution in [1.82, 2.24) is 6.15 Å². The van der Waals surface area contributed by atoms with Gasteiger partial charge in [-0.05, 0) is 0 Å². The Morgan fingerprint density at radius 3 is 1.33 bits per heavy atom. The summed E-state index contributed by atoms with van der Waals surface area (Å²) in [6, 6.07) is 0. The molecule has 0 saturated carbocycles. The monoisotopic (exact) mass is 285 g/mol. The number of hydrogen-bond donors (Lipinski definition) is 1. The number of nitrogens with zero attached hydrogens (tertiary/aromatic N) is 1. The van der Waals surface area contributed by atoms with E-state index in [9.17, 15) is 0 Å². The largest absolute Gasteiger partial charge is 0.369 e. The molecule has 6 heavy (non-hydrogen) atoms. The predicted octanol–water partition coefficient (Wildman–Crippen LogP) is -0.244. The zero-order valence-electron chi connectivity index (χ0n) is 3.25. The molecule has 0 atom stereocenters. The third-order valence-electron chi connectivity index (χ3n) is 0. The molecule has 0 aromatic rings. The van der Waals surface area contributed by atoms with Crippen molar-refractivity contribution in [3.05, 3.63) is 15.3 Å². The van der Waals surface area contributed by atoms with E-state index in [2.05, 4.69) is 0 Å². The van der Waals surface area contributed by atoms with Crippen LogP contribution in [0.3, 0.4) is 0 Å². The maximum absolute atomic E-state index is 8.25. The van der Waals surface area contributed by atoms with E-state index in [0.717, 1.165) is 0 Å². The average molecular weight is 284 g/mol. The zero-order valence-corrected chi connectivity index (χ0v) is 7.74. The third-order valence-corrected chi connectivity index (χ3v) is 0. The van der Waals surface area contributed by atoms with E-state index in [1.807, 2.05) is 0 Å². The SMILES string of the molecule is O=[N+]([O-])[O-].[NH4+].[Tl]. The first-order chi connectivity index (χ1) is 1.73. The number of quaternary nitrogens is 1. The van der Waals surface area contributed by atoms with E-state index < -0.39 is 5.09 Å². The summed E-state index contributed by atoms with van der Waals surface area (Å²) in [5, 5.41) is 14.8. The Morgan fingerprint density at radius 1 is 1.33 bits per heavy atom. The molecule has 6 heteroatoms. The summed E-state index contributed by atoms with van der Waals surface area (Å²) in [4.78, 5) is 8.25. The first kappa shape index (κ1) is 16.5. The van der Waals surface area contributed by atoms with Crippen LogP contribution in [0.5, 0.6) is 0 Å². The minimum atomic E-state index is -1.75. The molecule has 0 fully saturated rings.